The number of benzene rings is 1. The van der Waals surface area contributed by atoms with Crippen LogP contribution in [0, 0.1) is 0 Å². The second kappa shape index (κ2) is 9.91. The molecule has 6 nitrogen and oxygen atoms in total. The Labute approximate surface area is 172 Å². The van der Waals surface area contributed by atoms with Gasteiger partial charge < -0.3 is 10.6 Å². The highest BCUT2D eigenvalue weighted by molar-refractivity contribution is 5.79. The van der Waals surface area contributed by atoms with Crippen LogP contribution in [0.5, 0.6) is 0 Å². The molecule has 2 heterocycles. The molecule has 3 rings (SSSR count). The van der Waals surface area contributed by atoms with Crippen LogP contribution < -0.4 is 10.6 Å². The molecule has 158 valence electrons. The first kappa shape index (κ1) is 21.4. The summed E-state index contributed by atoms with van der Waals surface area (Å²) in [5.74, 6) is 1.41. The average Bonchev–Trinajstić information content (AvgIpc) is 3.27. The van der Waals surface area contributed by atoms with E-state index >= 15 is 0 Å². The molecule has 0 aliphatic rings. The molecule has 0 saturated heterocycles. The normalized spacial score (nSPS) is 12.1. The van der Waals surface area contributed by atoms with Crippen LogP contribution in [-0.4, -0.2) is 33.6 Å². The molecule has 0 unspecified atom stereocenters. The fourth-order valence-electron chi connectivity index (χ4n) is 2.79. The number of nitrogens with one attached hydrogen (secondary N) is 2. The van der Waals surface area contributed by atoms with Gasteiger partial charge in [-0.25, -0.2) is 15.0 Å². The van der Waals surface area contributed by atoms with E-state index in [0.29, 0.717) is 32.0 Å². The maximum absolute atomic E-state index is 12.6. The molecule has 1 aromatic carbocycles. The summed E-state index contributed by atoms with van der Waals surface area (Å²) in [5.41, 5.74) is 1.18. The second-order valence-electron chi connectivity index (χ2n) is 6.56. The summed E-state index contributed by atoms with van der Waals surface area (Å²) in [5, 5.41) is 6.38. The van der Waals surface area contributed by atoms with Gasteiger partial charge in [0.2, 0.25) is 0 Å². The van der Waals surface area contributed by atoms with Crippen LogP contribution in [0.15, 0.2) is 66.3 Å². The van der Waals surface area contributed by atoms with Crippen molar-refractivity contribution in [3.63, 3.8) is 0 Å². The Morgan fingerprint density at radius 1 is 1.07 bits per heavy atom. The highest BCUT2D eigenvalue weighted by Crippen LogP contribution is 2.29. The Morgan fingerprint density at radius 3 is 2.53 bits per heavy atom. The molecule has 9 heteroatoms. The molecule has 2 aromatic heterocycles. The molecule has 0 saturated carbocycles. The molecule has 30 heavy (non-hydrogen) atoms. The van der Waals surface area contributed by atoms with Gasteiger partial charge in [-0.3, -0.25) is 4.57 Å². The molecule has 0 atom stereocenters. The van der Waals surface area contributed by atoms with E-state index in [-0.39, 0.29) is 0 Å². The summed E-state index contributed by atoms with van der Waals surface area (Å²) in [7, 11) is 0. The fourth-order valence-corrected chi connectivity index (χ4v) is 2.79. The number of imidazole rings is 1. The van der Waals surface area contributed by atoms with Gasteiger partial charge >= 0.3 is 6.18 Å². The third-order valence-electron chi connectivity index (χ3n) is 4.33. The lowest BCUT2D eigenvalue weighted by atomic mass is 10.1. The van der Waals surface area contributed by atoms with E-state index in [1.54, 1.807) is 18.7 Å². The van der Waals surface area contributed by atoms with Crippen LogP contribution in [0.1, 0.15) is 23.6 Å². The van der Waals surface area contributed by atoms with Crippen LogP contribution in [0.3, 0.4) is 0 Å². The number of hydrogen-bond donors (Lipinski definition) is 2. The van der Waals surface area contributed by atoms with Gasteiger partial charge in [-0.15, -0.1) is 0 Å². The van der Waals surface area contributed by atoms with Crippen molar-refractivity contribution >= 4 is 5.96 Å². The predicted molar refractivity (Wildman–Crippen MR) is 109 cm³/mol. The van der Waals surface area contributed by atoms with Crippen molar-refractivity contribution in [1.82, 2.24) is 25.2 Å². The van der Waals surface area contributed by atoms with Gasteiger partial charge in [-0.05, 0) is 48.7 Å². The molecule has 0 bridgehead atoms. The van der Waals surface area contributed by atoms with Crippen molar-refractivity contribution in [2.24, 2.45) is 4.99 Å². The second-order valence-corrected chi connectivity index (χ2v) is 6.56. The van der Waals surface area contributed by atoms with Crippen LogP contribution in [-0.2, 0) is 19.1 Å². The number of halogens is 3. The van der Waals surface area contributed by atoms with Gasteiger partial charge in [0.05, 0.1) is 12.1 Å². The number of pyridine rings is 1. The quantitative estimate of drug-likeness (QED) is 0.456. The van der Waals surface area contributed by atoms with Crippen LogP contribution >= 0.6 is 0 Å². The number of aliphatic imine (C=N–C) groups is 1. The van der Waals surface area contributed by atoms with Crippen molar-refractivity contribution in [3.05, 3.63) is 78.0 Å². The zero-order valence-electron chi connectivity index (χ0n) is 16.5. The summed E-state index contributed by atoms with van der Waals surface area (Å²) >= 11 is 0. The zero-order valence-corrected chi connectivity index (χ0v) is 16.5. The largest absolute Gasteiger partial charge is 0.416 e. The first-order chi connectivity index (χ1) is 14.5. The van der Waals surface area contributed by atoms with Crippen LogP contribution in [0.2, 0.25) is 0 Å². The molecule has 3 aromatic rings. The molecule has 0 spiro atoms. The zero-order chi connectivity index (χ0) is 21.4. The van der Waals surface area contributed by atoms with E-state index in [9.17, 15) is 13.2 Å². The Kier molecular flexibility index (Phi) is 7.05. The average molecular weight is 416 g/mol. The predicted octanol–water partition coefficient (Wildman–Crippen LogP) is 3.58. The smallest absolute Gasteiger partial charge is 0.357 e. The van der Waals surface area contributed by atoms with Gasteiger partial charge in [0.15, 0.2) is 5.96 Å². The number of guanidine groups is 1. The fraction of sp³-hybridized carbons (Fsp3) is 0.286. The monoisotopic (exact) mass is 416 g/mol. The molecule has 0 aliphatic heterocycles. The van der Waals surface area contributed by atoms with Crippen molar-refractivity contribution in [2.75, 3.05) is 13.1 Å². The van der Waals surface area contributed by atoms with E-state index in [1.807, 2.05) is 29.8 Å². The van der Waals surface area contributed by atoms with E-state index in [4.69, 9.17) is 0 Å². The summed E-state index contributed by atoms with van der Waals surface area (Å²) in [4.78, 5) is 12.9. The van der Waals surface area contributed by atoms with E-state index in [1.165, 1.54) is 12.1 Å². The Balaban J connectivity index is 1.56. The summed E-state index contributed by atoms with van der Waals surface area (Å²) in [6.45, 7) is 3.67. The Bertz CT molecular complexity index is 950. The van der Waals surface area contributed by atoms with E-state index in [0.717, 1.165) is 29.1 Å². The topological polar surface area (TPSA) is 67.1 Å². The Morgan fingerprint density at radius 2 is 1.87 bits per heavy atom. The number of aromatic nitrogens is 3. The van der Waals surface area contributed by atoms with Gasteiger partial charge in [0.1, 0.15) is 12.1 Å². The maximum atomic E-state index is 12.6. The molecule has 0 radical (unpaired) electrons. The van der Waals surface area contributed by atoms with Gasteiger partial charge in [-0.2, -0.15) is 13.2 Å². The number of hydrogen-bond acceptors (Lipinski definition) is 3. The highest BCUT2D eigenvalue weighted by Gasteiger charge is 2.29. The molecular weight excluding hydrogens is 393 g/mol. The third kappa shape index (κ3) is 6.07. The number of rotatable bonds is 7. The molecular formula is C21H23F3N6. The first-order valence-electron chi connectivity index (χ1n) is 9.57. The lowest BCUT2D eigenvalue weighted by Gasteiger charge is -2.12. The first-order valence-corrected chi connectivity index (χ1v) is 9.57. The van der Waals surface area contributed by atoms with Crippen molar-refractivity contribution in [2.45, 2.75) is 26.1 Å². The van der Waals surface area contributed by atoms with Crippen LogP contribution in [0.25, 0.3) is 5.82 Å². The van der Waals surface area contributed by atoms with Crippen LogP contribution in [0.4, 0.5) is 13.2 Å². The lowest BCUT2D eigenvalue weighted by molar-refractivity contribution is -0.137. The minimum atomic E-state index is -4.31. The highest BCUT2D eigenvalue weighted by atomic mass is 19.4. The molecule has 0 amide bonds. The van der Waals surface area contributed by atoms with Crippen molar-refractivity contribution in [3.8, 4) is 5.82 Å². The minimum absolute atomic E-state index is 0.458. The van der Waals surface area contributed by atoms with E-state index < -0.39 is 11.7 Å². The summed E-state index contributed by atoms with van der Waals surface area (Å²) in [6.07, 6.45) is 3.20. The maximum Gasteiger partial charge on any atom is 0.416 e. The lowest BCUT2D eigenvalue weighted by Crippen LogP contribution is -2.38. The van der Waals surface area contributed by atoms with Gasteiger partial charge in [0.25, 0.3) is 0 Å². The minimum Gasteiger partial charge on any atom is -0.357 e. The van der Waals surface area contributed by atoms with Crippen molar-refractivity contribution in [1.29, 1.82) is 0 Å². The van der Waals surface area contributed by atoms with Gasteiger partial charge in [0, 0.05) is 31.7 Å². The number of nitrogens with zero attached hydrogens (tertiary/aromatic N) is 4. The van der Waals surface area contributed by atoms with Crippen molar-refractivity contribution < 1.29 is 13.2 Å². The standard InChI is InChI=1S/C21H23F3N6/c1-2-26-20(28-10-7-16-3-5-18(6-4-16)21(22,23)24)29-14-17-8-9-27-19(13-17)30-12-11-25-15-30/h3-6,8-9,11-13,15H,2,7,10,14H2,1H3,(H2,26,28,29). The van der Waals surface area contributed by atoms with Gasteiger partial charge in [-0.1, -0.05) is 12.1 Å². The third-order valence-corrected chi connectivity index (χ3v) is 4.33. The van der Waals surface area contributed by atoms with E-state index in [2.05, 4.69) is 25.6 Å². The molecule has 0 fully saturated rings. The Hall–Kier alpha value is -3.36. The summed E-state index contributed by atoms with van der Waals surface area (Å²) in [6, 6.07) is 9.06. The SMILES string of the molecule is CCNC(=NCc1ccnc(-n2ccnc2)c1)NCCc1ccc(C(F)(F)F)cc1. The summed E-state index contributed by atoms with van der Waals surface area (Å²) < 4.78 is 39.8. The number of alkyl halides is 3. The molecule has 2 N–H and O–H groups in total. The molecule has 0 aliphatic carbocycles.